The largest absolute Gasteiger partial charge is 0.378 e. The lowest BCUT2D eigenvalue weighted by molar-refractivity contribution is 0.0302. The number of aromatic nitrogens is 3. The molecule has 2 aromatic heterocycles. The molecule has 6 heteroatoms. The molecule has 1 aliphatic rings. The van der Waals surface area contributed by atoms with Gasteiger partial charge in [0.2, 0.25) is 0 Å². The number of fused-ring (bicyclic) bond motifs is 1. The molecule has 1 N–H and O–H groups in total. The van der Waals surface area contributed by atoms with Crippen LogP contribution in [0.1, 0.15) is 10.4 Å². The first-order chi connectivity index (χ1) is 8.34. The summed E-state index contributed by atoms with van der Waals surface area (Å²) in [4.78, 5) is 25.0. The number of H-pyrrole nitrogens is 1. The Morgan fingerprint density at radius 3 is 3.00 bits per heavy atom. The predicted octanol–water partition coefficient (Wildman–Crippen LogP) is 0.430. The summed E-state index contributed by atoms with van der Waals surface area (Å²) >= 11 is 0. The van der Waals surface area contributed by atoms with Crippen LogP contribution in [-0.2, 0) is 4.74 Å². The summed E-state index contributed by atoms with van der Waals surface area (Å²) in [6, 6.07) is 1.78. The van der Waals surface area contributed by atoms with Gasteiger partial charge in [-0.3, -0.25) is 4.79 Å². The van der Waals surface area contributed by atoms with Gasteiger partial charge in [-0.2, -0.15) is 0 Å². The summed E-state index contributed by atoms with van der Waals surface area (Å²) < 4.78 is 5.22. The molecular formula is C11H12N4O2. The molecule has 0 atom stereocenters. The fourth-order valence-electron chi connectivity index (χ4n) is 1.90. The van der Waals surface area contributed by atoms with Gasteiger partial charge in [-0.25, -0.2) is 9.97 Å². The number of aromatic amines is 1. The fourth-order valence-corrected chi connectivity index (χ4v) is 1.90. The second kappa shape index (κ2) is 4.14. The Kier molecular flexibility index (Phi) is 2.49. The zero-order valence-electron chi connectivity index (χ0n) is 9.22. The molecule has 0 spiro atoms. The average Bonchev–Trinajstić information content (AvgIpc) is 2.86. The molecule has 0 aromatic carbocycles. The molecule has 1 aliphatic heterocycles. The Balaban J connectivity index is 1.88. The Morgan fingerprint density at radius 1 is 1.35 bits per heavy atom. The van der Waals surface area contributed by atoms with Gasteiger partial charge in [-0.1, -0.05) is 0 Å². The summed E-state index contributed by atoms with van der Waals surface area (Å²) in [5, 5.41) is 0. The molecule has 1 amide bonds. The molecule has 17 heavy (non-hydrogen) atoms. The molecule has 0 unspecified atom stereocenters. The van der Waals surface area contributed by atoms with Gasteiger partial charge in [-0.05, 0) is 6.07 Å². The number of amides is 1. The SMILES string of the molecule is O=C(c1cnc2nc[nH]c2c1)N1CCOCC1. The van der Waals surface area contributed by atoms with Crippen molar-refractivity contribution in [2.45, 2.75) is 0 Å². The summed E-state index contributed by atoms with van der Waals surface area (Å²) in [6.07, 6.45) is 3.14. The minimum absolute atomic E-state index is 0.00250. The highest BCUT2D eigenvalue weighted by atomic mass is 16.5. The van der Waals surface area contributed by atoms with E-state index in [0.29, 0.717) is 37.5 Å². The molecule has 3 heterocycles. The van der Waals surface area contributed by atoms with E-state index < -0.39 is 0 Å². The molecule has 0 radical (unpaired) electrons. The van der Waals surface area contributed by atoms with Gasteiger partial charge < -0.3 is 14.6 Å². The first-order valence-corrected chi connectivity index (χ1v) is 5.51. The van der Waals surface area contributed by atoms with Crippen molar-refractivity contribution in [3.63, 3.8) is 0 Å². The summed E-state index contributed by atoms with van der Waals surface area (Å²) in [7, 11) is 0. The van der Waals surface area contributed by atoms with E-state index in [-0.39, 0.29) is 5.91 Å². The Morgan fingerprint density at radius 2 is 2.18 bits per heavy atom. The molecule has 0 bridgehead atoms. The third-order valence-electron chi connectivity index (χ3n) is 2.82. The van der Waals surface area contributed by atoms with Crippen molar-refractivity contribution in [1.29, 1.82) is 0 Å². The number of hydrogen-bond donors (Lipinski definition) is 1. The zero-order chi connectivity index (χ0) is 11.7. The molecule has 0 saturated carbocycles. The molecule has 0 aliphatic carbocycles. The van der Waals surface area contributed by atoms with E-state index >= 15 is 0 Å². The van der Waals surface area contributed by atoms with E-state index in [1.165, 1.54) is 0 Å². The van der Waals surface area contributed by atoms with Crippen LogP contribution in [0.3, 0.4) is 0 Å². The number of imidazole rings is 1. The normalized spacial score (nSPS) is 16.4. The van der Waals surface area contributed by atoms with Gasteiger partial charge in [-0.15, -0.1) is 0 Å². The maximum absolute atomic E-state index is 12.2. The fraction of sp³-hybridized carbons (Fsp3) is 0.364. The number of nitrogens with zero attached hydrogens (tertiary/aromatic N) is 3. The topological polar surface area (TPSA) is 71.1 Å². The second-order valence-corrected chi connectivity index (χ2v) is 3.90. The van der Waals surface area contributed by atoms with Crippen LogP contribution in [0.5, 0.6) is 0 Å². The Hall–Kier alpha value is -1.95. The lowest BCUT2D eigenvalue weighted by Crippen LogP contribution is -2.40. The molecular weight excluding hydrogens is 220 g/mol. The molecule has 1 fully saturated rings. The maximum atomic E-state index is 12.2. The molecule has 3 rings (SSSR count). The van der Waals surface area contributed by atoms with E-state index in [2.05, 4.69) is 15.0 Å². The van der Waals surface area contributed by atoms with Crippen molar-refractivity contribution in [3.05, 3.63) is 24.2 Å². The zero-order valence-corrected chi connectivity index (χ0v) is 9.22. The Bertz CT molecular complexity index is 545. The van der Waals surface area contributed by atoms with E-state index in [0.717, 1.165) is 5.52 Å². The predicted molar refractivity (Wildman–Crippen MR) is 60.6 cm³/mol. The van der Waals surface area contributed by atoms with Crippen molar-refractivity contribution in [2.75, 3.05) is 26.3 Å². The number of nitrogens with one attached hydrogen (secondary N) is 1. The lowest BCUT2D eigenvalue weighted by Gasteiger charge is -2.26. The molecule has 6 nitrogen and oxygen atoms in total. The van der Waals surface area contributed by atoms with Crippen LogP contribution >= 0.6 is 0 Å². The summed E-state index contributed by atoms with van der Waals surface area (Å²) in [5.74, 6) is -0.00250. The number of hydrogen-bond acceptors (Lipinski definition) is 4. The van der Waals surface area contributed by atoms with Crippen LogP contribution in [0, 0.1) is 0 Å². The minimum Gasteiger partial charge on any atom is -0.378 e. The minimum atomic E-state index is -0.00250. The standard InChI is InChI=1S/C11H12N4O2/c16-11(15-1-3-17-4-2-15)8-5-9-10(12-6-8)14-7-13-9/h5-7H,1-4H2,(H,12,13,14). The summed E-state index contributed by atoms with van der Waals surface area (Å²) in [6.45, 7) is 2.48. The van der Waals surface area contributed by atoms with E-state index in [4.69, 9.17) is 4.74 Å². The summed E-state index contributed by atoms with van der Waals surface area (Å²) in [5.41, 5.74) is 2.00. The second-order valence-electron chi connectivity index (χ2n) is 3.90. The molecule has 88 valence electrons. The first kappa shape index (κ1) is 10.2. The third-order valence-corrected chi connectivity index (χ3v) is 2.82. The lowest BCUT2D eigenvalue weighted by atomic mass is 10.2. The highest BCUT2D eigenvalue weighted by Crippen LogP contribution is 2.11. The van der Waals surface area contributed by atoms with Gasteiger partial charge in [0, 0.05) is 19.3 Å². The van der Waals surface area contributed by atoms with Gasteiger partial charge in [0.05, 0.1) is 30.6 Å². The number of rotatable bonds is 1. The number of morpholine rings is 1. The van der Waals surface area contributed by atoms with Crippen LogP contribution in [-0.4, -0.2) is 52.1 Å². The van der Waals surface area contributed by atoms with E-state index in [1.807, 2.05) is 0 Å². The smallest absolute Gasteiger partial charge is 0.255 e. The van der Waals surface area contributed by atoms with Crippen molar-refractivity contribution in [2.24, 2.45) is 0 Å². The number of ether oxygens (including phenoxy) is 1. The number of pyridine rings is 1. The van der Waals surface area contributed by atoms with Crippen LogP contribution in [0.25, 0.3) is 11.2 Å². The average molecular weight is 232 g/mol. The van der Waals surface area contributed by atoms with Crippen LogP contribution < -0.4 is 0 Å². The van der Waals surface area contributed by atoms with Gasteiger partial charge >= 0.3 is 0 Å². The first-order valence-electron chi connectivity index (χ1n) is 5.51. The van der Waals surface area contributed by atoms with Gasteiger partial charge in [0.15, 0.2) is 5.65 Å². The molecule has 1 saturated heterocycles. The van der Waals surface area contributed by atoms with Crippen molar-refractivity contribution < 1.29 is 9.53 Å². The van der Waals surface area contributed by atoms with Crippen LogP contribution in [0.15, 0.2) is 18.6 Å². The number of carbonyl (C=O) groups is 1. The highest BCUT2D eigenvalue weighted by molar-refractivity contribution is 5.96. The van der Waals surface area contributed by atoms with Crippen molar-refractivity contribution >= 4 is 17.1 Å². The third kappa shape index (κ3) is 1.87. The maximum Gasteiger partial charge on any atom is 0.255 e. The quantitative estimate of drug-likeness (QED) is 0.774. The molecule has 2 aromatic rings. The van der Waals surface area contributed by atoms with Crippen LogP contribution in [0.4, 0.5) is 0 Å². The number of carbonyl (C=O) groups excluding carboxylic acids is 1. The van der Waals surface area contributed by atoms with Gasteiger partial charge in [0.25, 0.3) is 5.91 Å². The van der Waals surface area contributed by atoms with Gasteiger partial charge in [0.1, 0.15) is 0 Å². The van der Waals surface area contributed by atoms with Crippen molar-refractivity contribution in [1.82, 2.24) is 19.9 Å². The highest BCUT2D eigenvalue weighted by Gasteiger charge is 2.19. The van der Waals surface area contributed by atoms with E-state index in [9.17, 15) is 4.79 Å². The monoisotopic (exact) mass is 232 g/mol. The van der Waals surface area contributed by atoms with E-state index in [1.54, 1.807) is 23.5 Å². The van der Waals surface area contributed by atoms with Crippen LogP contribution in [0.2, 0.25) is 0 Å². The Labute approximate surface area is 97.6 Å². The van der Waals surface area contributed by atoms with Crippen molar-refractivity contribution in [3.8, 4) is 0 Å².